The zero-order valence-electron chi connectivity index (χ0n) is 14.7. The predicted molar refractivity (Wildman–Crippen MR) is 108 cm³/mol. The second kappa shape index (κ2) is 7.42. The molecule has 0 atom stereocenters. The van der Waals surface area contributed by atoms with Crippen LogP contribution in [0.4, 0.5) is 0 Å². The monoisotopic (exact) mass is 415 g/mol. The first-order valence-corrected chi connectivity index (χ1v) is 10.9. The second-order valence-electron chi connectivity index (χ2n) is 6.34. The number of carbonyl (C=O) groups excluding carboxylic acids is 1. The number of benzene rings is 2. The lowest BCUT2D eigenvalue weighted by molar-refractivity contribution is -0.115. The normalized spacial score (nSPS) is 19.0. The van der Waals surface area contributed by atoms with E-state index in [2.05, 4.69) is 10.3 Å². The zero-order valence-corrected chi connectivity index (χ0v) is 16.3. The van der Waals surface area contributed by atoms with Crippen molar-refractivity contribution in [3.63, 3.8) is 0 Å². The smallest absolute Gasteiger partial charge is 0.264 e. The molecule has 0 aromatic heterocycles. The van der Waals surface area contributed by atoms with Gasteiger partial charge in [0.05, 0.1) is 23.0 Å². The molecule has 1 fully saturated rings. The average Bonchev–Trinajstić information content (AvgIpc) is 3.26. The Hall–Kier alpha value is -2.62. The lowest BCUT2D eigenvalue weighted by Gasteiger charge is -2.01. The Balaban J connectivity index is 1.45. The fourth-order valence-corrected chi connectivity index (χ4v) is 4.23. The lowest BCUT2D eigenvalue weighted by Crippen LogP contribution is -2.19. The van der Waals surface area contributed by atoms with Crippen molar-refractivity contribution >= 4 is 38.9 Å². The zero-order chi connectivity index (χ0) is 19.7. The molecule has 2 aliphatic heterocycles. The number of thioether (sulfide) groups is 1. The second-order valence-corrected chi connectivity index (χ2v) is 8.93. The average molecular weight is 415 g/mol. The molecular formula is C19H17N3O4S2. The van der Waals surface area contributed by atoms with Crippen molar-refractivity contribution in [1.82, 2.24) is 5.32 Å². The maximum Gasteiger partial charge on any atom is 0.264 e. The van der Waals surface area contributed by atoms with Crippen LogP contribution in [0.5, 0.6) is 5.75 Å². The molecule has 1 amide bonds. The largest absolute Gasteiger partial charge is 0.493 e. The van der Waals surface area contributed by atoms with Gasteiger partial charge in [-0.3, -0.25) is 9.79 Å². The fourth-order valence-electron chi connectivity index (χ4n) is 2.90. The van der Waals surface area contributed by atoms with Crippen molar-refractivity contribution in [1.29, 1.82) is 0 Å². The van der Waals surface area contributed by atoms with Crippen LogP contribution >= 0.6 is 11.8 Å². The van der Waals surface area contributed by atoms with Crippen LogP contribution in [0, 0.1) is 0 Å². The van der Waals surface area contributed by atoms with Gasteiger partial charge in [0.1, 0.15) is 5.75 Å². The molecule has 2 aliphatic rings. The number of carbonyl (C=O) groups is 1. The molecule has 2 heterocycles. The van der Waals surface area contributed by atoms with E-state index in [1.165, 1.54) is 23.9 Å². The summed E-state index contributed by atoms with van der Waals surface area (Å²) >= 11 is 1.28. The molecule has 0 radical (unpaired) electrons. The number of hydrogen-bond acceptors (Lipinski definition) is 6. The minimum atomic E-state index is -3.71. The van der Waals surface area contributed by atoms with Crippen molar-refractivity contribution in [2.75, 3.05) is 6.61 Å². The molecule has 0 saturated carbocycles. The van der Waals surface area contributed by atoms with Gasteiger partial charge < -0.3 is 10.1 Å². The van der Waals surface area contributed by atoms with Crippen molar-refractivity contribution in [3.05, 3.63) is 64.1 Å². The van der Waals surface area contributed by atoms with Crippen LogP contribution in [0.3, 0.4) is 0 Å². The van der Waals surface area contributed by atoms with Crippen LogP contribution in [-0.4, -0.2) is 26.1 Å². The molecule has 4 rings (SSSR count). The van der Waals surface area contributed by atoms with Gasteiger partial charge in [-0.25, -0.2) is 13.6 Å². The molecule has 1 saturated heterocycles. The minimum Gasteiger partial charge on any atom is -0.493 e. The topological polar surface area (TPSA) is 111 Å². The summed E-state index contributed by atoms with van der Waals surface area (Å²) in [6.45, 7) is 1.01. The standard InChI is InChI=1S/C19H17N3O4S2/c20-28(24,25)15-4-1-12(2-5-15)11-21-19-22-18(23)17(27-19)10-13-3-6-16-14(9-13)7-8-26-16/h1-6,9-10H,7-8,11H2,(H2,20,24,25)(H,21,22,23). The first-order valence-electron chi connectivity index (χ1n) is 8.51. The van der Waals surface area contributed by atoms with Gasteiger partial charge in [-0.15, -0.1) is 0 Å². The molecular weight excluding hydrogens is 398 g/mol. The third-order valence-electron chi connectivity index (χ3n) is 4.32. The fraction of sp³-hybridized carbons (Fsp3) is 0.158. The van der Waals surface area contributed by atoms with Crippen LogP contribution in [0.25, 0.3) is 6.08 Å². The Kier molecular flexibility index (Phi) is 4.96. The summed E-state index contributed by atoms with van der Waals surface area (Å²) < 4.78 is 28.1. The Morgan fingerprint density at radius 3 is 2.75 bits per heavy atom. The van der Waals surface area contributed by atoms with Gasteiger partial charge >= 0.3 is 0 Å². The maximum absolute atomic E-state index is 12.2. The summed E-state index contributed by atoms with van der Waals surface area (Å²) in [5.74, 6) is 0.714. The van der Waals surface area contributed by atoms with E-state index in [9.17, 15) is 13.2 Å². The molecule has 3 N–H and O–H groups in total. The van der Waals surface area contributed by atoms with Crippen molar-refractivity contribution in [2.24, 2.45) is 10.1 Å². The molecule has 7 nitrogen and oxygen atoms in total. The first-order chi connectivity index (χ1) is 13.4. The Morgan fingerprint density at radius 1 is 1.21 bits per heavy atom. The number of fused-ring (bicyclic) bond motifs is 1. The molecule has 0 aliphatic carbocycles. The Labute approximate surface area is 166 Å². The summed E-state index contributed by atoms with van der Waals surface area (Å²) in [5, 5.41) is 8.34. The number of amidine groups is 1. The third-order valence-corrected chi connectivity index (χ3v) is 6.20. The van der Waals surface area contributed by atoms with Crippen LogP contribution in [0.1, 0.15) is 16.7 Å². The Morgan fingerprint density at radius 2 is 2.00 bits per heavy atom. The molecule has 144 valence electrons. The quantitative estimate of drug-likeness (QED) is 0.743. The minimum absolute atomic E-state index is 0.0532. The van der Waals surface area contributed by atoms with Gasteiger partial charge in [-0.1, -0.05) is 18.2 Å². The van der Waals surface area contributed by atoms with E-state index in [4.69, 9.17) is 9.88 Å². The highest BCUT2D eigenvalue weighted by molar-refractivity contribution is 8.18. The lowest BCUT2D eigenvalue weighted by atomic mass is 10.1. The number of aliphatic imine (C=N–C) groups is 1. The number of nitrogens with zero attached hydrogens (tertiary/aromatic N) is 1. The summed E-state index contributed by atoms with van der Waals surface area (Å²) in [6, 6.07) is 12.1. The van der Waals surface area contributed by atoms with Crippen molar-refractivity contribution < 1.29 is 17.9 Å². The molecule has 0 spiro atoms. The van der Waals surface area contributed by atoms with E-state index >= 15 is 0 Å². The highest BCUT2D eigenvalue weighted by Gasteiger charge is 2.24. The maximum atomic E-state index is 12.2. The van der Waals surface area contributed by atoms with Gasteiger partial charge in [0.2, 0.25) is 10.0 Å². The van der Waals surface area contributed by atoms with E-state index < -0.39 is 10.0 Å². The number of amides is 1. The number of nitrogens with one attached hydrogen (secondary N) is 1. The van der Waals surface area contributed by atoms with E-state index in [1.807, 2.05) is 24.3 Å². The number of hydrogen-bond donors (Lipinski definition) is 2. The number of ether oxygens (including phenoxy) is 1. The molecule has 2 aromatic carbocycles. The van der Waals surface area contributed by atoms with Crippen LogP contribution in [0.2, 0.25) is 0 Å². The molecule has 28 heavy (non-hydrogen) atoms. The summed E-state index contributed by atoms with van der Waals surface area (Å²) in [6.07, 6.45) is 2.71. The predicted octanol–water partition coefficient (Wildman–Crippen LogP) is 2.03. The Bertz CT molecular complexity index is 1110. The number of nitrogens with two attached hydrogens (primary N) is 1. The van der Waals surface area contributed by atoms with Gasteiger partial charge in [0.15, 0.2) is 5.17 Å². The molecule has 9 heteroatoms. The first kappa shape index (κ1) is 18.7. The van der Waals surface area contributed by atoms with Gasteiger partial charge in [-0.2, -0.15) is 0 Å². The van der Waals surface area contributed by atoms with Crippen molar-refractivity contribution in [2.45, 2.75) is 17.9 Å². The molecule has 0 bridgehead atoms. The van der Waals surface area contributed by atoms with E-state index in [0.717, 1.165) is 28.9 Å². The molecule has 2 aromatic rings. The highest BCUT2D eigenvalue weighted by atomic mass is 32.2. The van der Waals surface area contributed by atoms with Crippen LogP contribution in [0.15, 0.2) is 57.3 Å². The van der Waals surface area contributed by atoms with Crippen LogP contribution < -0.4 is 15.2 Å². The molecule has 0 unspecified atom stereocenters. The summed E-state index contributed by atoms with van der Waals surface area (Å²) in [7, 11) is -3.71. The van der Waals surface area contributed by atoms with E-state index in [1.54, 1.807) is 12.1 Å². The van der Waals surface area contributed by atoms with Crippen LogP contribution in [-0.2, 0) is 27.8 Å². The number of rotatable bonds is 4. The number of primary sulfonamides is 1. The summed E-state index contributed by atoms with van der Waals surface area (Å²) in [5.41, 5.74) is 2.90. The highest BCUT2D eigenvalue weighted by Crippen LogP contribution is 2.30. The van der Waals surface area contributed by atoms with E-state index in [0.29, 0.717) is 23.2 Å². The number of sulfonamides is 1. The van der Waals surface area contributed by atoms with E-state index in [-0.39, 0.29) is 10.8 Å². The van der Waals surface area contributed by atoms with Gasteiger partial charge in [-0.05, 0) is 58.8 Å². The van der Waals surface area contributed by atoms with Gasteiger partial charge in [0.25, 0.3) is 5.91 Å². The van der Waals surface area contributed by atoms with Gasteiger partial charge in [0, 0.05) is 6.42 Å². The van der Waals surface area contributed by atoms with Crippen molar-refractivity contribution in [3.8, 4) is 5.75 Å². The SMILES string of the molecule is NS(=O)(=O)c1ccc(CN=C2NC(=O)C(=Cc3ccc4c(c3)CCO4)S2)cc1. The third kappa shape index (κ3) is 4.11. The summed E-state index contributed by atoms with van der Waals surface area (Å²) in [4.78, 5) is 17.2.